The van der Waals surface area contributed by atoms with E-state index in [2.05, 4.69) is 34.4 Å². The lowest BCUT2D eigenvalue weighted by atomic mass is 9.90. The third-order valence-corrected chi connectivity index (χ3v) is 5.85. The smallest absolute Gasteiger partial charge is 0.251 e. The van der Waals surface area contributed by atoms with Gasteiger partial charge >= 0.3 is 0 Å². The fourth-order valence-corrected chi connectivity index (χ4v) is 3.92. The largest absolute Gasteiger partial charge is 0.355 e. The molecule has 1 aromatic heterocycles. The molecule has 1 heterocycles. The van der Waals surface area contributed by atoms with Crippen molar-refractivity contribution in [2.75, 3.05) is 27.7 Å². The van der Waals surface area contributed by atoms with Gasteiger partial charge in [-0.05, 0) is 75.2 Å². The lowest BCUT2D eigenvalue weighted by molar-refractivity contribution is -0.121. The van der Waals surface area contributed by atoms with E-state index >= 15 is 0 Å². The van der Waals surface area contributed by atoms with Crippen molar-refractivity contribution in [2.24, 2.45) is 5.92 Å². The van der Waals surface area contributed by atoms with Crippen LogP contribution in [0.25, 0.3) is 0 Å². The van der Waals surface area contributed by atoms with Gasteiger partial charge in [0.2, 0.25) is 5.91 Å². The van der Waals surface area contributed by atoms with Crippen LogP contribution < -0.4 is 10.6 Å². The molecule has 0 spiro atoms. The molecule has 0 fully saturated rings. The molecule has 2 aromatic rings. The van der Waals surface area contributed by atoms with Gasteiger partial charge in [0.05, 0.1) is 0 Å². The fraction of sp³-hybridized carbons (Fsp3) is 0.500. The summed E-state index contributed by atoms with van der Waals surface area (Å²) in [7, 11) is 5.69. The second-order valence-electron chi connectivity index (χ2n) is 9.13. The molecule has 0 bridgehead atoms. The van der Waals surface area contributed by atoms with E-state index < -0.39 is 0 Å². The number of carbonyl (C=O) groups is 2. The van der Waals surface area contributed by atoms with Crippen LogP contribution in [0.15, 0.2) is 42.6 Å². The van der Waals surface area contributed by atoms with E-state index in [1.165, 1.54) is 5.56 Å². The van der Waals surface area contributed by atoms with Gasteiger partial charge in [0.25, 0.3) is 5.91 Å². The van der Waals surface area contributed by atoms with E-state index in [-0.39, 0.29) is 23.8 Å². The third kappa shape index (κ3) is 7.75. The van der Waals surface area contributed by atoms with Crippen LogP contribution in [0.4, 0.5) is 0 Å². The molecule has 0 aliphatic carbocycles. The summed E-state index contributed by atoms with van der Waals surface area (Å²) in [5.74, 6) is 0.582. The van der Waals surface area contributed by atoms with Gasteiger partial charge in [-0.25, -0.2) is 0 Å². The summed E-state index contributed by atoms with van der Waals surface area (Å²) in [6.07, 6.45) is 3.96. The molecule has 0 unspecified atom stereocenters. The van der Waals surface area contributed by atoms with Crippen LogP contribution in [0.5, 0.6) is 0 Å². The van der Waals surface area contributed by atoms with Crippen molar-refractivity contribution in [3.63, 3.8) is 0 Å². The van der Waals surface area contributed by atoms with Crippen molar-refractivity contribution in [2.45, 2.75) is 52.0 Å². The SMILES string of the molecule is CNC(=O)c1ccc(C[C@@H](CNC(=O)C[C@@H](CC(C)C)c2ccccn2)N(C)C)c(C)c1. The number of rotatable bonds is 11. The van der Waals surface area contributed by atoms with Crippen LogP contribution in [0, 0.1) is 12.8 Å². The van der Waals surface area contributed by atoms with Gasteiger partial charge < -0.3 is 15.5 Å². The molecule has 6 nitrogen and oxygen atoms in total. The lowest BCUT2D eigenvalue weighted by Crippen LogP contribution is -2.42. The molecule has 6 heteroatoms. The van der Waals surface area contributed by atoms with E-state index in [1.54, 1.807) is 13.2 Å². The summed E-state index contributed by atoms with van der Waals surface area (Å²) in [5.41, 5.74) is 3.90. The van der Waals surface area contributed by atoms with Crippen LogP contribution >= 0.6 is 0 Å². The highest BCUT2D eigenvalue weighted by atomic mass is 16.2. The summed E-state index contributed by atoms with van der Waals surface area (Å²) < 4.78 is 0. The second kappa shape index (κ2) is 12.3. The molecule has 0 saturated carbocycles. The summed E-state index contributed by atoms with van der Waals surface area (Å²) in [5, 5.41) is 5.80. The minimum Gasteiger partial charge on any atom is -0.355 e. The number of pyridine rings is 1. The number of nitrogens with one attached hydrogen (secondary N) is 2. The predicted molar refractivity (Wildman–Crippen MR) is 130 cm³/mol. The predicted octanol–water partition coefficient (Wildman–Crippen LogP) is 3.56. The van der Waals surface area contributed by atoms with Gasteiger partial charge in [0, 0.05) is 49.4 Å². The van der Waals surface area contributed by atoms with Crippen LogP contribution in [0.3, 0.4) is 0 Å². The summed E-state index contributed by atoms with van der Waals surface area (Å²) >= 11 is 0. The second-order valence-corrected chi connectivity index (χ2v) is 9.13. The molecular formula is C26H38N4O2. The van der Waals surface area contributed by atoms with Crippen molar-refractivity contribution in [1.82, 2.24) is 20.5 Å². The molecule has 0 radical (unpaired) electrons. The fourth-order valence-electron chi connectivity index (χ4n) is 3.92. The Morgan fingerprint density at radius 1 is 1.12 bits per heavy atom. The van der Waals surface area contributed by atoms with Crippen molar-refractivity contribution in [1.29, 1.82) is 0 Å². The van der Waals surface area contributed by atoms with Gasteiger partial charge in [0.1, 0.15) is 0 Å². The van der Waals surface area contributed by atoms with Gasteiger partial charge in [-0.1, -0.05) is 26.0 Å². The van der Waals surface area contributed by atoms with Crippen molar-refractivity contribution < 1.29 is 9.59 Å². The highest BCUT2D eigenvalue weighted by molar-refractivity contribution is 5.94. The summed E-state index contributed by atoms with van der Waals surface area (Å²) in [6.45, 7) is 6.94. The summed E-state index contributed by atoms with van der Waals surface area (Å²) in [6, 6.07) is 11.8. The Morgan fingerprint density at radius 2 is 1.88 bits per heavy atom. The first kappa shape index (κ1) is 25.5. The Kier molecular flexibility index (Phi) is 9.85. The number of benzene rings is 1. The molecule has 0 aliphatic rings. The zero-order chi connectivity index (χ0) is 23.7. The van der Waals surface area contributed by atoms with Crippen molar-refractivity contribution >= 4 is 11.8 Å². The number of aromatic nitrogens is 1. The summed E-state index contributed by atoms with van der Waals surface area (Å²) in [4.78, 5) is 31.3. The maximum absolute atomic E-state index is 12.8. The highest BCUT2D eigenvalue weighted by Crippen LogP contribution is 2.25. The van der Waals surface area contributed by atoms with E-state index in [9.17, 15) is 9.59 Å². The van der Waals surface area contributed by atoms with Crippen LogP contribution in [-0.4, -0.2) is 55.4 Å². The normalized spacial score (nSPS) is 13.1. The molecule has 174 valence electrons. The first-order chi connectivity index (χ1) is 15.2. The van der Waals surface area contributed by atoms with Gasteiger partial charge in [-0.15, -0.1) is 0 Å². The number of likely N-dealkylation sites (N-methyl/N-ethyl adjacent to an activating group) is 1. The Balaban J connectivity index is 2.01. The number of hydrogen-bond donors (Lipinski definition) is 2. The molecular weight excluding hydrogens is 400 g/mol. The maximum atomic E-state index is 12.8. The Bertz CT molecular complexity index is 881. The number of carbonyl (C=O) groups excluding carboxylic acids is 2. The number of aryl methyl sites for hydroxylation is 1. The highest BCUT2D eigenvalue weighted by Gasteiger charge is 2.20. The molecule has 2 N–H and O–H groups in total. The minimum absolute atomic E-state index is 0.0554. The van der Waals surface area contributed by atoms with Gasteiger partial charge in [0.15, 0.2) is 0 Å². The first-order valence-electron chi connectivity index (χ1n) is 11.4. The van der Waals surface area contributed by atoms with Crippen molar-refractivity contribution in [3.8, 4) is 0 Å². The van der Waals surface area contributed by atoms with Crippen molar-refractivity contribution in [3.05, 3.63) is 65.0 Å². The Hall–Kier alpha value is -2.73. The van der Waals surface area contributed by atoms with Crippen LogP contribution in [0.1, 0.15) is 59.8 Å². The first-order valence-corrected chi connectivity index (χ1v) is 11.4. The number of amides is 2. The molecule has 0 aliphatic heterocycles. The Labute approximate surface area is 192 Å². The zero-order valence-electron chi connectivity index (χ0n) is 20.3. The topological polar surface area (TPSA) is 74.3 Å². The molecule has 0 saturated heterocycles. The third-order valence-electron chi connectivity index (χ3n) is 5.85. The quantitative estimate of drug-likeness (QED) is 0.563. The van der Waals surface area contributed by atoms with E-state index in [1.807, 2.05) is 57.4 Å². The van der Waals surface area contributed by atoms with E-state index in [0.717, 1.165) is 24.1 Å². The van der Waals surface area contributed by atoms with E-state index in [0.29, 0.717) is 24.4 Å². The minimum atomic E-state index is -0.0834. The Morgan fingerprint density at radius 3 is 2.44 bits per heavy atom. The van der Waals surface area contributed by atoms with E-state index in [4.69, 9.17) is 0 Å². The zero-order valence-corrected chi connectivity index (χ0v) is 20.3. The van der Waals surface area contributed by atoms with Gasteiger partial charge in [-0.2, -0.15) is 0 Å². The van der Waals surface area contributed by atoms with Crippen LogP contribution in [0.2, 0.25) is 0 Å². The number of hydrogen-bond acceptors (Lipinski definition) is 4. The van der Waals surface area contributed by atoms with Gasteiger partial charge in [-0.3, -0.25) is 14.6 Å². The lowest BCUT2D eigenvalue weighted by Gasteiger charge is -2.26. The maximum Gasteiger partial charge on any atom is 0.251 e. The standard InChI is InChI=1S/C26H38N4O2/c1-18(2)13-22(24-9-7-8-12-28-24)16-25(31)29-17-23(30(5)6)15-20-10-11-21(14-19(20)3)26(32)27-4/h7-12,14,18,22-23H,13,15-17H2,1-6H3,(H,27,32)(H,29,31)/t22-,23+/m1/s1. The average Bonchev–Trinajstić information content (AvgIpc) is 2.76. The monoisotopic (exact) mass is 438 g/mol. The molecule has 1 aromatic carbocycles. The average molecular weight is 439 g/mol. The molecule has 2 atom stereocenters. The molecule has 32 heavy (non-hydrogen) atoms. The molecule has 2 amide bonds. The molecule has 2 rings (SSSR count). The van der Waals surface area contributed by atoms with Crippen LogP contribution in [-0.2, 0) is 11.2 Å². The number of nitrogens with zero attached hydrogens (tertiary/aromatic N) is 2.